The molecular formula is C25H23Cl2N5O6. The van der Waals surface area contributed by atoms with Crippen LogP contribution >= 0.6 is 23.2 Å². The Morgan fingerprint density at radius 3 is 2.39 bits per heavy atom. The summed E-state index contributed by atoms with van der Waals surface area (Å²) in [5, 5.41) is 9.21. The number of hydrogen-bond donors (Lipinski definition) is 3. The molecule has 1 spiro atoms. The summed E-state index contributed by atoms with van der Waals surface area (Å²) in [5.41, 5.74) is -0.524. The molecule has 0 atom stereocenters. The monoisotopic (exact) mass is 559 g/mol. The predicted molar refractivity (Wildman–Crippen MR) is 141 cm³/mol. The van der Waals surface area contributed by atoms with Gasteiger partial charge >= 0.3 is 11.8 Å². The maximum atomic E-state index is 12.5. The second-order valence-electron chi connectivity index (χ2n) is 10.1. The number of carbonyl (C=O) groups excluding carboxylic acids is 2. The lowest BCUT2D eigenvalue weighted by atomic mass is 9.93. The number of benzene rings is 2. The summed E-state index contributed by atoms with van der Waals surface area (Å²) in [6.07, 6.45) is 0.630. The van der Waals surface area contributed by atoms with Gasteiger partial charge in [0.1, 0.15) is 11.4 Å². The number of aromatic amines is 1. The average molecular weight is 560 g/mol. The lowest BCUT2D eigenvalue weighted by molar-refractivity contribution is -0.117. The zero-order valence-corrected chi connectivity index (χ0v) is 22.3. The fraction of sp³-hybridized carbons (Fsp3) is 0.320. The highest BCUT2D eigenvalue weighted by molar-refractivity contribution is 6.37. The molecule has 2 heterocycles. The van der Waals surface area contributed by atoms with E-state index in [0.29, 0.717) is 5.75 Å². The lowest BCUT2D eigenvalue weighted by Crippen LogP contribution is -2.36. The molecule has 3 N–H and O–H groups in total. The third-order valence-corrected chi connectivity index (χ3v) is 6.78. The maximum Gasteiger partial charge on any atom is 0.413 e. The van der Waals surface area contributed by atoms with E-state index in [1.807, 2.05) is 6.92 Å². The molecule has 1 aliphatic carbocycles. The summed E-state index contributed by atoms with van der Waals surface area (Å²) >= 11 is 13.0. The van der Waals surface area contributed by atoms with Gasteiger partial charge in [-0.25, -0.2) is 9.59 Å². The number of anilines is 2. The number of carbonyl (C=O) groups is 2. The number of H-pyrrole nitrogens is 1. The minimum absolute atomic E-state index is 0.00691. The van der Waals surface area contributed by atoms with Crippen LogP contribution in [0.5, 0.6) is 11.5 Å². The molecular weight excluding hydrogens is 537 g/mol. The molecule has 5 rings (SSSR count). The van der Waals surface area contributed by atoms with Gasteiger partial charge in [-0.1, -0.05) is 23.2 Å². The first kappa shape index (κ1) is 25.8. The van der Waals surface area contributed by atoms with E-state index >= 15 is 0 Å². The van der Waals surface area contributed by atoms with Crippen LogP contribution in [0.4, 0.5) is 16.3 Å². The zero-order valence-electron chi connectivity index (χ0n) is 20.8. The molecule has 38 heavy (non-hydrogen) atoms. The number of halogens is 2. The molecule has 13 heteroatoms. The molecule has 1 aromatic heterocycles. The van der Waals surface area contributed by atoms with Gasteiger partial charge in [0.25, 0.3) is 5.56 Å². The smallest absolute Gasteiger partial charge is 0.413 e. The number of aromatic nitrogens is 3. The Labute approximate surface area is 226 Å². The SMILES string of the molecule is Cc1c(Oc2c(Cl)cc(-n3nc(NC(=O)OC(C)(C)C)c(=O)[nH]c3=O)cc2Cl)ccc2c1C1(CC1)C(=O)N2. The molecule has 198 valence electrons. The fourth-order valence-electron chi connectivity index (χ4n) is 4.41. The maximum absolute atomic E-state index is 12.5. The molecule has 0 saturated heterocycles. The number of nitrogens with one attached hydrogen (secondary N) is 3. The summed E-state index contributed by atoms with van der Waals surface area (Å²) in [5.74, 6) is 0.142. The van der Waals surface area contributed by atoms with Crippen LogP contribution in [0.15, 0.2) is 33.9 Å². The number of fused-ring (bicyclic) bond motifs is 2. The standard InChI is InChI=1S/C25H23Cl2N5O6/c1-11-16(6-5-15-17(11)25(7-8-25)21(34)28-15)37-18-13(26)9-12(10-14(18)27)32-22(35)30-20(33)19(31-32)29-23(36)38-24(2,3)4/h5-6,9-10H,7-8H2,1-4H3,(H,28,34)(H,29,31,36)(H,30,33,35). The minimum Gasteiger partial charge on any atom is -0.454 e. The van der Waals surface area contributed by atoms with E-state index in [4.69, 9.17) is 32.7 Å². The van der Waals surface area contributed by atoms with Gasteiger partial charge in [0.05, 0.1) is 21.1 Å². The Morgan fingerprint density at radius 1 is 1.13 bits per heavy atom. The van der Waals surface area contributed by atoms with Gasteiger partial charge in [0.15, 0.2) is 5.75 Å². The second-order valence-corrected chi connectivity index (χ2v) is 10.9. The van der Waals surface area contributed by atoms with Crippen molar-refractivity contribution in [3.63, 3.8) is 0 Å². The quantitative estimate of drug-likeness (QED) is 0.421. The molecule has 0 radical (unpaired) electrons. The summed E-state index contributed by atoms with van der Waals surface area (Å²) < 4.78 is 12.0. The van der Waals surface area contributed by atoms with E-state index in [-0.39, 0.29) is 27.4 Å². The number of nitrogens with zero attached hydrogens (tertiary/aromatic N) is 2. The van der Waals surface area contributed by atoms with Gasteiger partial charge in [-0.05, 0) is 75.9 Å². The van der Waals surface area contributed by atoms with Crippen LogP contribution in [-0.2, 0) is 14.9 Å². The van der Waals surface area contributed by atoms with E-state index in [2.05, 4.69) is 20.7 Å². The Kier molecular flexibility index (Phi) is 6.03. The van der Waals surface area contributed by atoms with Crippen LogP contribution in [-0.4, -0.2) is 32.4 Å². The van der Waals surface area contributed by atoms with Gasteiger partial charge in [-0.3, -0.25) is 19.9 Å². The van der Waals surface area contributed by atoms with Crippen molar-refractivity contribution in [3.05, 3.63) is 66.3 Å². The van der Waals surface area contributed by atoms with E-state index in [1.165, 1.54) is 12.1 Å². The molecule has 2 aliphatic rings. The zero-order chi connectivity index (χ0) is 27.6. The van der Waals surface area contributed by atoms with Gasteiger partial charge in [-0.15, -0.1) is 5.10 Å². The highest BCUT2D eigenvalue weighted by Crippen LogP contribution is 2.57. The predicted octanol–water partition coefficient (Wildman–Crippen LogP) is 4.66. The third kappa shape index (κ3) is 4.52. The number of amides is 2. The van der Waals surface area contributed by atoms with Crippen molar-refractivity contribution in [1.82, 2.24) is 14.8 Å². The van der Waals surface area contributed by atoms with Crippen molar-refractivity contribution >= 4 is 46.7 Å². The van der Waals surface area contributed by atoms with Crippen molar-refractivity contribution in [2.45, 2.75) is 51.6 Å². The third-order valence-electron chi connectivity index (χ3n) is 6.21. The van der Waals surface area contributed by atoms with Crippen LogP contribution in [0.25, 0.3) is 5.69 Å². The van der Waals surface area contributed by atoms with Crippen molar-refractivity contribution in [1.29, 1.82) is 0 Å². The van der Waals surface area contributed by atoms with E-state index in [0.717, 1.165) is 34.3 Å². The molecule has 1 saturated carbocycles. The summed E-state index contributed by atoms with van der Waals surface area (Å²) in [6.45, 7) is 6.84. The Bertz CT molecular complexity index is 1610. The summed E-state index contributed by atoms with van der Waals surface area (Å²) in [6, 6.07) is 6.26. The Hall–Kier alpha value is -3.83. The largest absolute Gasteiger partial charge is 0.454 e. The average Bonchev–Trinajstić information content (AvgIpc) is 3.54. The Morgan fingerprint density at radius 2 is 1.79 bits per heavy atom. The van der Waals surface area contributed by atoms with Gasteiger partial charge < -0.3 is 14.8 Å². The highest BCUT2D eigenvalue weighted by Gasteiger charge is 2.57. The molecule has 3 aromatic rings. The van der Waals surface area contributed by atoms with Gasteiger partial charge in [-0.2, -0.15) is 4.68 Å². The van der Waals surface area contributed by atoms with Gasteiger partial charge in [0.2, 0.25) is 11.7 Å². The molecule has 1 fully saturated rings. The first-order valence-corrected chi connectivity index (χ1v) is 12.4. The van der Waals surface area contributed by atoms with Gasteiger partial charge in [0, 0.05) is 5.69 Å². The van der Waals surface area contributed by atoms with Crippen LogP contribution in [0.3, 0.4) is 0 Å². The molecule has 0 unspecified atom stereocenters. The fourth-order valence-corrected chi connectivity index (χ4v) is 4.97. The van der Waals surface area contributed by atoms with Crippen LogP contribution in [0, 0.1) is 6.92 Å². The van der Waals surface area contributed by atoms with Crippen LogP contribution in [0.2, 0.25) is 10.0 Å². The first-order chi connectivity index (χ1) is 17.8. The second kappa shape index (κ2) is 8.88. The Balaban J connectivity index is 1.46. The summed E-state index contributed by atoms with van der Waals surface area (Å²) in [4.78, 5) is 51.3. The van der Waals surface area contributed by atoms with Crippen molar-refractivity contribution in [3.8, 4) is 17.2 Å². The molecule has 0 bridgehead atoms. The van der Waals surface area contributed by atoms with Crippen molar-refractivity contribution < 1.29 is 19.1 Å². The number of ether oxygens (including phenoxy) is 2. The first-order valence-electron chi connectivity index (χ1n) is 11.7. The topological polar surface area (TPSA) is 144 Å². The normalized spacial score (nSPS) is 15.2. The molecule has 1 aliphatic heterocycles. The van der Waals surface area contributed by atoms with E-state index in [1.54, 1.807) is 32.9 Å². The minimum atomic E-state index is -0.921. The number of hydrogen-bond acceptors (Lipinski definition) is 7. The van der Waals surface area contributed by atoms with Crippen LogP contribution in [0.1, 0.15) is 44.7 Å². The molecule has 2 aromatic carbocycles. The highest BCUT2D eigenvalue weighted by atomic mass is 35.5. The van der Waals surface area contributed by atoms with Crippen molar-refractivity contribution in [2.75, 3.05) is 10.6 Å². The lowest BCUT2D eigenvalue weighted by Gasteiger charge is -2.19. The summed E-state index contributed by atoms with van der Waals surface area (Å²) in [7, 11) is 0. The van der Waals surface area contributed by atoms with E-state index < -0.39 is 34.2 Å². The molecule has 2 amide bonds. The van der Waals surface area contributed by atoms with Crippen LogP contribution < -0.4 is 26.6 Å². The number of rotatable bonds is 4. The molecule has 11 nitrogen and oxygen atoms in total. The van der Waals surface area contributed by atoms with Crippen molar-refractivity contribution in [2.24, 2.45) is 0 Å². The van der Waals surface area contributed by atoms with E-state index in [9.17, 15) is 19.2 Å².